The lowest BCUT2D eigenvalue weighted by Crippen LogP contribution is -2.15. The molecule has 4 rings (SSSR count). The molecule has 1 aromatic heterocycles. The van der Waals surface area contributed by atoms with E-state index in [-0.39, 0.29) is 18.3 Å². The number of nitrogens with zero attached hydrogens (tertiary/aromatic N) is 2. The van der Waals surface area contributed by atoms with Gasteiger partial charge < -0.3 is 13.9 Å². The van der Waals surface area contributed by atoms with Crippen molar-refractivity contribution in [1.29, 1.82) is 0 Å². The second-order valence-corrected chi connectivity index (χ2v) is 5.87. The molecule has 2 aromatic carbocycles. The summed E-state index contributed by atoms with van der Waals surface area (Å²) in [6.45, 7) is 1.09. The number of hydrogen-bond acceptors (Lipinski definition) is 6. The maximum absolute atomic E-state index is 12.0. The van der Waals surface area contributed by atoms with Crippen molar-refractivity contribution in [3.63, 3.8) is 0 Å². The maximum atomic E-state index is 12.0. The monoisotopic (exact) mass is 351 g/mol. The van der Waals surface area contributed by atoms with E-state index >= 15 is 0 Å². The zero-order valence-electron chi connectivity index (χ0n) is 14.0. The second kappa shape index (κ2) is 7.26. The smallest absolute Gasteiger partial charge is 0.322 e. The molecule has 0 spiro atoms. The number of nitrogens with one attached hydrogen (secondary N) is 1. The zero-order valence-corrected chi connectivity index (χ0v) is 14.0. The van der Waals surface area contributed by atoms with Gasteiger partial charge in [0, 0.05) is 0 Å². The van der Waals surface area contributed by atoms with Crippen molar-refractivity contribution < 1.29 is 18.7 Å². The first kappa shape index (κ1) is 16.1. The minimum atomic E-state index is -0.203. The van der Waals surface area contributed by atoms with Crippen LogP contribution in [0.15, 0.2) is 52.9 Å². The van der Waals surface area contributed by atoms with E-state index in [1.807, 2.05) is 48.5 Å². The third kappa shape index (κ3) is 3.83. The lowest BCUT2D eigenvalue weighted by molar-refractivity contribution is -0.115. The standard InChI is InChI=1S/C19H17N3O4/c23-17(11-13-4-2-1-3-5-13)20-19-22-21-18(26-19)12-14-6-7-15-16(10-14)25-9-8-24-15/h1-7,10H,8-9,11-12H2,(H,20,22,23). The van der Waals surface area contributed by atoms with Gasteiger partial charge in [0.05, 0.1) is 12.8 Å². The van der Waals surface area contributed by atoms with Crippen LogP contribution in [-0.2, 0) is 17.6 Å². The Morgan fingerprint density at radius 3 is 2.62 bits per heavy atom. The Morgan fingerprint density at radius 2 is 1.77 bits per heavy atom. The van der Waals surface area contributed by atoms with Crippen molar-refractivity contribution in [1.82, 2.24) is 10.2 Å². The lowest BCUT2D eigenvalue weighted by atomic mass is 10.1. The molecule has 0 radical (unpaired) electrons. The van der Waals surface area contributed by atoms with Crippen molar-refractivity contribution in [3.8, 4) is 11.5 Å². The highest BCUT2D eigenvalue weighted by atomic mass is 16.6. The highest BCUT2D eigenvalue weighted by Crippen LogP contribution is 2.31. The largest absolute Gasteiger partial charge is 0.486 e. The summed E-state index contributed by atoms with van der Waals surface area (Å²) in [5, 5.41) is 10.5. The van der Waals surface area contributed by atoms with Crippen molar-refractivity contribution in [2.75, 3.05) is 18.5 Å². The fraction of sp³-hybridized carbons (Fsp3) is 0.211. The summed E-state index contributed by atoms with van der Waals surface area (Å²) >= 11 is 0. The van der Waals surface area contributed by atoms with Gasteiger partial charge in [0.25, 0.3) is 0 Å². The molecule has 2 heterocycles. The fourth-order valence-corrected chi connectivity index (χ4v) is 2.69. The van der Waals surface area contributed by atoms with Crippen molar-refractivity contribution in [2.24, 2.45) is 0 Å². The average Bonchev–Trinajstić information content (AvgIpc) is 3.09. The van der Waals surface area contributed by atoms with Crippen LogP contribution >= 0.6 is 0 Å². The van der Waals surface area contributed by atoms with Gasteiger partial charge in [-0.2, -0.15) is 0 Å². The molecule has 0 unspecified atom stereocenters. The van der Waals surface area contributed by atoms with E-state index in [1.165, 1.54) is 0 Å². The molecule has 1 N–H and O–H groups in total. The van der Waals surface area contributed by atoms with E-state index in [0.29, 0.717) is 31.3 Å². The van der Waals surface area contributed by atoms with Gasteiger partial charge in [0.1, 0.15) is 13.2 Å². The fourth-order valence-electron chi connectivity index (χ4n) is 2.69. The normalized spacial score (nSPS) is 12.6. The van der Waals surface area contributed by atoms with Gasteiger partial charge in [-0.05, 0) is 23.3 Å². The van der Waals surface area contributed by atoms with Crippen molar-refractivity contribution in [3.05, 3.63) is 65.5 Å². The summed E-state index contributed by atoms with van der Waals surface area (Å²) < 4.78 is 16.6. The molecule has 7 heteroatoms. The summed E-state index contributed by atoms with van der Waals surface area (Å²) in [6, 6.07) is 15.2. The number of benzene rings is 2. The van der Waals surface area contributed by atoms with Crippen molar-refractivity contribution >= 4 is 11.9 Å². The third-order valence-corrected chi connectivity index (χ3v) is 3.88. The molecule has 0 bridgehead atoms. The molecule has 0 fully saturated rings. The summed E-state index contributed by atoms with van der Waals surface area (Å²) in [4.78, 5) is 12.0. The third-order valence-electron chi connectivity index (χ3n) is 3.88. The summed E-state index contributed by atoms with van der Waals surface area (Å²) in [7, 11) is 0. The number of fused-ring (bicyclic) bond motifs is 1. The number of anilines is 1. The van der Waals surface area contributed by atoms with Gasteiger partial charge in [-0.25, -0.2) is 0 Å². The average molecular weight is 351 g/mol. The van der Waals surface area contributed by atoms with Crippen LogP contribution in [0.1, 0.15) is 17.0 Å². The minimum absolute atomic E-state index is 0.0958. The maximum Gasteiger partial charge on any atom is 0.322 e. The van der Waals surface area contributed by atoms with Crippen LogP contribution in [0, 0.1) is 0 Å². The van der Waals surface area contributed by atoms with Crippen LogP contribution in [0.5, 0.6) is 11.5 Å². The molecule has 0 atom stereocenters. The van der Waals surface area contributed by atoms with Gasteiger partial charge in [0.2, 0.25) is 11.8 Å². The number of rotatable bonds is 5. The molecule has 132 valence electrons. The van der Waals surface area contributed by atoms with Crippen LogP contribution < -0.4 is 14.8 Å². The number of carbonyl (C=O) groups is 1. The molecule has 1 aliphatic rings. The lowest BCUT2D eigenvalue weighted by Gasteiger charge is -2.18. The van der Waals surface area contributed by atoms with E-state index in [4.69, 9.17) is 13.9 Å². The summed E-state index contributed by atoms with van der Waals surface area (Å²) in [5.41, 5.74) is 1.88. The van der Waals surface area contributed by atoms with E-state index in [9.17, 15) is 4.79 Å². The molecule has 3 aromatic rings. The molecular weight excluding hydrogens is 334 g/mol. The van der Waals surface area contributed by atoms with Crippen LogP contribution in [0.3, 0.4) is 0 Å². The Morgan fingerprint density at radius 1 is 0.962 bits per heavy atom. The molecule has 0 saturated heterocycles. The number of carbonyl (C=O) groups excluding carboxylic acids is 1. The summed E-state index contributed by atoms with van der Waals surface area (Å²) in [6.07, 6.45) is 0.693. The number of hydrogen-bond donors (Lipinski definition) is 1. The quantitative estimate of drug-likeness (QED) is 0.760. The highest BCUT2D eigenvalue weighted by molar-refractivity contribution is 5.90. The van der Waals surface area contributed by atoms with Gasteiger partial charge >= 0.3 is 6.01 Å². The Bertz CT molecular complexity index is 908. The van der Waals surface area contributed by atoms with Crippen LogP contribution in [0.25, 0.3) is 0 Å². The first-order chi connectivity index (χ1) is 12.8. The molecule has 1 aliphatic heterocycles. The molecule has 1 amide bonds. The van der Waals surface area contributed by atoms with E-state index in [0.717, 1.165) is 16.9 Å². The Labute approximate surface area is 150 Å². The topological polar surface area (TPSA) is 86.5 Å². The van der Waals surface area contributed by atoms with E-state index in [1.54, 1.807) is 0 Å². The zero-order chi connectivity index (χ0) is 17.8. The van der Waals surface area contributed by atoms with Gasteiger partial charge in [-0.3, -0.25) is 10.1 Å². The first-order valence-electron chi connectivity index (χ1n) is 8.31. The molecule has 26 heavy (non-hydrogen) atoms. The molecule has 7 nitrogen and oxygen atoms in total. The molecule has 0 saturated carbocycles. The van der Waals surface area contributed by atoms with Crippen LogP contribution in [-0.4, -0.2) is 29.3 Å². The second-order valence-electron chi connectivity index (χ2n) is 5.87. The Hall–Kier alpha value is -3.35. The molecular formula is C19H17N3O4. The Kier molecular flexibility index (Phi) is 4.51. The predicted octanol–water partition coefficient (Wildman–Crippen LogP) is 2.61. The van der Waals surface area contributed by atoms with Gasteiger partial charge in [-0.1, -0.05) is 41.5 Å². The number of ether oxygens (including phenoxy) is 2. The minimum Gasteiger partial charge on any atom is -0.486 e. The van der Waals surface area contributed by atoms with Crippen LogP contribution in [0.4, 0.5) is 6.01 Å². The Balaban J connectivity index is 1.38. The van der Waals surface area contributed by atoms with Crippen molar-refractivity contribution in [2.45, 2.75) is 12.8 Å². The van der Waals surface area contributed by atoms with Crippen LogP contribution in [0.2, 0.25) is 0 Å². The number of aromatic nitrogens is 2. The highest BCUT2D eigenvalue weighted by Gasteiger charge is 2.14. The first-order valence-corrected chi connectivity index (χ1v) is 8.31. The van der Waals surface area contributed by atoms with Gasteiger partial charge in [0.15, 0.2) is 11.5 Å². The number of amides is 1. The summed E-state index contributed by atoms with van der Waals surface area (Å²) in [5.74, 6) is 1.66. The SMILES string of the molecule is O=C(Cc1ccccc1)Nc1nnc(Cc2ccc3c(c2)OCCO3)o1. The molecule has 0 aliphatic carbocycles. The van der Waals surface area contributed by atoms with E-state index < -0.39 is 0 Å². The predicted molar refractivity (Wildman–Crippen MR) is 93.3 cm³/mol. The van der Waals surface area contributed by atoms with E-state index in [2.05, 4.69) is 15.5 Å². The van der Waals surface area contributed by atoms with Gasteiger partial charge in [-0.15, -0.1) is 5.10 Å².